The molecule has 0 bridgehead atoms. The van der Waals surface area contributed by atoms with Crippen LogP contribution >= 0.6 is 0 Å². The van der Waals surface area contributed by atoms with E-state index in [1.54, 1.807) is 6.47 Å². The molecule has 0 saturated carbocycles. The van der Waals surface area contributed by atoms with Crippen LogP contribution in [0.1, 0.15) is 52.9 Å². The number of hydrogen-bond donors (Lipinski definition) is 0. The largest absolute Gasteiger partial charge is 0.454 e. The van der Waals surface area contributed by atoms with Gasteiger partial charge in [0, 0.05) is 0 Å². The van der Waals surface area contributed by atoms with Crippen molar-refractivity contribution < 1.29 is 9.53 Å². The summed E-state index contributed by atoms with van der Waals surface area (Å²) in [6, 6.07) is 0. The van der Waals surface area contributed by atoms with E-state index in [2.05, 4.69) is 20.8 Å². The maximum absolute atomic E-state index is 10.1. The van der Waals surface area contributed by atoms with Crippen molar-refractivity contribution in [1.29, 1.82) is 0 Å². The van der Waals surface area contributed by atoms with Crippen LogP contribution in [0.3, 0.4) is 0 Å². The smallest absolute Gasteiger partial charge is 0.417 e. The number of carbonyl (C=O) groups excluding carboxylic acids is 1. The summed E-state index contributed by atoms with van der Waals surface area (Å²) in [5.41, 5.74) is 0. The monoisotopic (exact) mass is 185 g/mol. The third kappa shape index (κ3) is 7.82. The summed E-state index contributed by atoms with van der Waals surface area (Å²) in [7, 11) is 0. The summed E-state index contributed by atoms with van der Waals surface area (Å²) in [4.78, 5) is 10.1. The van der Waals surface area contributed by atoms with E-state index in [0.29, 0.717) is 5.92 Å². The van der Waals surface area contributed by atoms with Gasteiger partial charge in [0.25, 0.3) is 0 Å². The molecule has 0 spiro atoms. The molecule has 0 aromatic rings. The second-order valence-corrected chi connectivity index (χ2v) is 3.94. The summed E-state index contributed by atoms with van der Waals surface area (Å²) in [6.45, 7) is 8.06. The fourth-order valence-corrected chi connectivity index (χ4v) is 1.28. The van der Waals surface area contributed by atoms with Gasteiger partial charge in [0.2, 0.25) is 0 Å². The maximum Gasteiger partial charge on any atom is 0.417 e. The first-order valence-electron chi connectivity index (χ1n) is 5.23. The number of rotatable bonds is 8. The second-order valence-electron chi connectivity index (χ2n) is 3.94. The van der Waals surface area contributed by atoms with Gasteiger partial charge < -0.3 is 4.74 Å². The highest BCUT2D eigenvalue weighted by molar-refractivity contribution is 5.38. The molecule has 0 aliphatic heterocycles. The number of unbranched alkanes of at least 4 members (excludes halogenated alkanes) is 1. The third-order valence-corrected chi connectivity index (χ3v) is 2.16. The third-order valence-electron chi connectivity index (χ3n) is 2.16. The molecule has 2 heteroatoms. The van der Waals surface area contributed by atoms with Gasteiger partial charge in [-0.15, -0.1) is 0 Å². The molecule has 1 atom stereocenters. The fraction of sp³-hybridized carbons (Fsp3) is 0.909. The topological polar surface area (TPSA) is 26.3 Å². The minimum absolute atomic E-state index is 0.0971. The van der Waals surface area contributed by atoms with Crippen molar-refractivity contribution in [3.63, 3.8) is 0 Å². The molecule has 1 radical (unpaired) electrons. The van der Waals surface area contributed by atoms with Crippen LogP contribution in [0.2, 0.25) is 0 Å². The van der Waals surface area contributed by atoms with Crippen molar-refractivity contribution >= 4 is 6.47 Å². The molecule has 0 fully saturated rings. The lowest BCUT2D eigenvalue weighted by Crippen LogP contribution is -2.12. The molecule has 0 heterocycles. The Bertz CT molecular complexity index is 121. The number of hydrogen-bond acceptors (Lipinski definition) is 2. The van der Waals surface area contributed by atoms with Gasteiger partial charge in [0.15, 0.2) is 0 Å². The SMILES string of the molecule is CCCCC(CCC(C)C)O[C]=O. The van der Waals surface area contributed by atoms with Gasteiger partial charge >= 0.3 is 6.47 Å². The molecule has 0 aromatic heterocycles. The Labute approximate surface area is 81.7 Å². The Morgan fingerprint density at radius 3 is 2.38 bits per heavy atom. The predicted molar refractivity (Wildman–Crippen MR) is 54.2 cm³/mol. The quantitative estimate of drug-likeness (QED) is 0.581. The van der Waals surface area contributed by atoms with E-state index in [1.807, 2.05) is 0 Å². The first kappa shape index (κ1) is 12.5. The zero-order valence-corrected chi connectivity index (χ0v) is 9.01. The van der Waals surface area contributed by atoms with Crippen molar-refractivity contribution in [2.24, 2.45) is 5.92 Å². The summed E-state index contributed by atoms with van der Waals surface area (Å²) in [6.07, 6.45) is 5.46. The molecule has 0 aliphatic rings. The van der Waals surface area contributed by atoms with Gasteiger partial charge in [0.05, 0.1) is 0 Å². The van der Waals surface area contributed by atoms with Crippen LogP contribution in [-0.4, -0.2) is 12.6 Å². The molecule has 1 unspecified atom stereocenters. The molecule has 0 aromatic carbocycles. The van der Waals surface area contributed by atoms with Gasteiger partial charge in [-0.05, 0) is 25.2 Å². The minimum Gasteiger partial charge on any atom is -0.454 e. The van der Waals surface area contributed by atoms with Gasteiger partial charge in [-0.1, -0.05) is 33.6 Å². The second kappa shape index (κ2) is 8.09. The normalized spacial score (nSPS) is 12.9. The lowest BCUT2D eigenvalue weighted by Gasteiger charge is -2.14. The molecule has 0 amide bonds. The average molecular weight is 185 g/mol. The molecule has 2 nitrogen and oxygen atoms in total. The van der Waals surface area contributed by atoms with Crippen LogP contribution in [-0.2, 0) is 9.53 Å². The highest BCUT2D eigenvalue weighted by Crippen LogP contribution is 2.14. The Morgan fingerprint density at radius 1 is 1.23 bits per heavy atom. The van der Waals surface area contributed by atoms with E-state index in [-0.39, 0.29) is 6.10 Å². The highest BCUT2D eigenvalue weighted by Gasteiger charge is 2.09. The van der Waals surface area contributed by atoms with Crippen molar-refractivity contribution in [3.8, 4) is 0 Å². The molecular formula is C11H21O2. The fourth-order valence-electron chi connectivity index (χ4n) is 1.28. The predicted octanol–water partition coefficient (Wildman–Crippen LogP) is 3.07. The van der Waals surface area contributed by atoms with E-state index in [4.69, 9.17) is 4.74 Å². The van der Waals surface area contributed by atoms with Crippen molar-refractivity contribution in [3.05, 3.63) is 0 Å². The lowest BCUT2D eigenvalue weighted by atomic mass is 10.0. The van der Waals surface area contributed by atoms with E-state index >= 15 is 0 Å². The van der Waals surface area contributed by atoms with E-state index in [1.165, 1.54) is 0 Å². The summed E-state index contributed by atoms with van der Waals surface area (Å²) in [5, 5.41) is 0. The van der Waals surface area contributed by atoms with Crippen LogP contribution < -0.4 is 0 Å². The zero-order chi connectivity index (χ0) is 10.1. The van der Waals surface area contributed by atoms with E-state index in [9.17, 15) is 4.79 Å². The summed E-state index contributed by atoms with van der Waals surface area (Å²) in [5.74, 6) is 0.680. The maximum atomic E-state index is 10.1. The van der Waals surface area contributed by atoms with E-state index in [0.717, 1.165) is 32.1 Å². The Balaban J connectivity index is 3.59. The molecule has 0 aliphatic carbocycles. The van der Waals surface area contributed by atoms with Gasteiger partial charge in [0.1, 0.15) is 6.10 Å². The summed E-state index contributed by atoms with van der Waals surface area (Å²) < 4.78 is 4.89. The van der Waals surface area contributed by atoms with Gasteiger partial charge in [-0.2, -0.15) is 0 Å². The van der Waals surface area contributed by atoms with Gasteiger partial charge in [-0.25, -0.2) is 4.79 Å². The highest BCUT2D eigenvalue weighted by atomic mass is 16.5. The average Bonchev–Trinajstić information content (AvgIpc) is 2.09. The van der Waals surface area contributed by atoms with Crippen molar-refractivity contribution in [2.45, 2.75) is 59.0 Å². The minimum atomic E-state index is 0.0971. The molecule has 0 N–H and O–H groups in total. The molecule has 0 saturated heterocycles. The Kier molecular flexibility index (Phi) is 7.76. The Morgan fingerprint density at radius 2 is 1.92 bits per heavy atom. The molecular weight excluding hydrogens is 164 g/mol. The molecule has 13 heavy (non-hydrogen) atoms. The zero-order valence-electron chi connectivity index (χ0n) is 9.01. The van der Waals surface area contributed by atoms with E-state index < -0.39 is 0 Å². The molecule has 77 valence electrons. The van der Waals surface area contributed by atoms with Crippen molar-refractivity contribution in [1.82, 2.24) is 0 Å². The summed E-state index contributed by atoms with van der Waals surface area (Å²) >= 11 is 0. The number of ether oxygens (including phenoxy) is 1. The molecule has 0 rings (SSSR count). The Hall–Kier alpha value is -0.530. The first-order valence-corrected chi connectivity index (χ1v) is 5.23. The standard InChI is InChI=1S/C11H21O2/c1-4-5-6-11(13-9-12)8-7-10(2)3/h10-11H,4-8H2,1-3H3. The first-order chi connectivity index (χ1) is 6.20. The van der Waals surface area contributed by atoms with Crippen LogP contribution in [0.15, 0.2) is 0 Å². The lowest BCUT2D eigenvalue weighted by molar-refractivity contribution is 0.148. The van der Waals surface area contributed by atoms with Crippen molar-refractivity contribution in [2.75, 3.05) is 0 Å². The van der Waals surface area contributed by atoms with Crippen LogP contribution in [0.5, 0.6) is 0 Å². The van der Waals surface area contributed by atoms with Crippen LogP contribution in [0.25, 0.3) is 0 Å². The van der Waals surface area contributed by atoms with Crippen LogP contribution in [0, 0.1) is 5.92 Å². The van der Waals surface area contributed by atoms with Gasteiger partial charge in [-0.3, -0.25) is 0 Å². The van der Waals surface area contributed by atoms with Crippen LogP contribution in [0.4, 0.5) is 0 Å².